The highest BCUT2D eigenvalue weighted by Crippen LogP contribution is 2.23. The van der Waals surface area contributed by atoms with Gasteiger partial charge in [-0.05, 0) is 33.7 Å². The van der Waals surface area contributed by atoms with E-state index in [1.54, 1.807) is 0 Å². The molecule has 1 rings (SSSR count). The predicted molar refractivity (Wildman–Crippen MR) is 64.4 cm³/mol. The van der Waals surface area contributed by atoms with E-state index in [9.17, 15) is 4.39 Å². The molecule has 0 radical (unpaired) electrons. The van der Waals surface area contributed by atoms with Gasteiger partial charge in [0.1, 0.15) is 0 Å². The lowest BCUT2D eigenvalue weighted by atomic mass is 10.0. The van der Waals surface area contributed by atoms with Crippen molar-refractivity contribution in [1.29, 1.82) is 0 Å². The highest BCUT2D eigenvalue weighted by Gasteiger charge is 2.17. The molecule has 0 aliphatic heterocycles. The standard InChI is InChI=1S/C12H22FN3/c1-5-11(14-4)12-9(2)15-16(10(12)3)8-6-7-13/h11,14H,5-8H2,1-4H3. The second kappa shape index (κ2) is 5.99. The Balaban J connectivity index is 2.96. The van der Waals surface area contributed by atoms with Crippen LogP contribution in [0.1, 0.15) is 42.8 Å². The molecule has 0 bridgehead atoms. The first-order chi connectivity index (χ1) is 7.65. The highest BCUT2D eigenvalue weighted by molar-refractivity contribution is 5.28. The van der Waals surface area contributed by atoms with Crippen LogP contribution in [0.3, 0.4) is 0 Å². The number of hydrogen-bond acceptors (Lipinski definition) is 2. The molecule has 1 atom stereocenters. The van der Waals surface area contributed by atoms with Crippen LogP contribution < -0.4 is 5.32 Å². The molecular formula is C12H22FN3. The number of nitrogens with zero attached hydrogens (tertiary/aromatic N) is 2. The maximum atomic E-state index is 12.2. The topological polar surface area (TPSA) is 29.9 Å². The summed E-state index contributed by atoms with van der Waals surface area (Å²) >= 11 is 0. The van der Waals surface area contributed by atoms with Gasteiger partial charge < -0.3 is 5.32 Å². The van der Waals surface area contributed by atoms with E-state index >= 15 is 0 Å². The van der Waals surface area contributed by atoms with Crippen molar-refractivity contribution in [3.8, 4) is 0 Å². The minimum atomic E-state index is -0.281. The van der Waals surface area contributed by atoms with Crippen LogP contribution in [-0.2, 0) is 6.54 Å². The number of alkyl halides is 1. The zero-order chi connectivity index (χ0) is 12.1. The smallest absolute Gasteiger partial charge is 0.0912 e. The fraction of sp³-hybridized carbons (Fsp3) is 0.750. The van der Waals surface area contributed by atoms with E-state index in [1.807, 2.05) is 18.7 Å². The van der Waals surface area contributed by atoms with E-state index in [-0.39, 0.29) is 6.67 Å². The molecule has 1 aromatic rings. The molecule has 0 amide bonds. The molecule has 1 N–H and O–H groups in total. The Morgan fingerprint density at radius 3 is 2.62 bits per heavy atom. The SMILES string of the molecule is CCC(NC)c1c(C)nn(CCCF)c1C. The van der Waals surface area contributed by atoms with E-state index in [2.05, 4.69) is 24.3 Å². The van der Waals surface area contributed by atoms with Gasteiger partial charge in [0.05, 0.1) is 12.4 Å². The van der Waals surface area contributed by atoms with E-state index in [0.717, 1.165) is 17.8 Å². The summed E-state index contributed by atoms with van der Waals surface area (Å²) < 4.78 is 14.1. The van der Waals surface area contributed by atoms with Gasteiger partial charge in [-0.25, -0.2) is 0 Å². The molecule has 1 unspecified atom stereocenters. The van der Waals surface area contributed by atoms with Crippen molar-refractivity contribution in [2.45, 2.75) is 46.2 Å². The van der Waals surface area contributed by atoms with Crippen LogP contribution >= 0.6 is 0 Å². The van der Waals surface area contributed by atoms with E-state index < -0.39 is 0 Å². The van der Waals surface area contributed by atoms with Crippen molar-refractivity contribution in [2.24, 2.45) is 0 Å². The molecule has 16 heavy (non-hydrogen) atoms. The third-order valence-electron chi connectivity index (χ3n) is 3.05. The van der Waals surface area contributed by atoms with Gasteiger partial charge in [-0.1, -0.05) is 6.92 Å². The quantitative estimate of drug-likeness (QED) is 0.809. The Morgan fingerprint density at radius 2 is 2.12 bits per heavy atom. The number of nitrogens with one attached hydrogen (secondary N) is 1. The summed E-state index contributed by atoms with van der Waals surface area (Å²) in [6.45, 7) is 6.63. The average molecular weight is 227 g/mol. The summed E-state index contributed by atoms with van der Waals surface area (Å²) in [5.41, 5.74) is 3.48. The maximum Gasteiger partial charge on any atom is 0.0912 e. The van der Waals surface area contributed by atoms with Gasteiger partial charge in [0.15, 0.2) is 0 Å². The third-order valence-corrected chi connectivity index (χ3v) is 3.05. The summed E-state index contributed by atoms with van der Waals surface area (Å²) in [4.78, 5) is 0. The minimum absolute atomic E-state index is 0.281. The van der Waals surface area contributed by atoms with Gasteiger partial charge in [-0.15, -0.1) is 0 Å². The lowest BCUT2D eigenvalue weighted by molar-refractivity contribution is 0.430. The molecule has 0 fully saturated rings. The molecular weight excluding hydrogens is 205 g/mol. The Kier molecular flexibility index (Phi) is 4.93. The molecule has 0 saturated heterocycles. The molecule has 1 heterocycles. The Hall–Kier alpha value is -0.900. The number of rotatable bonds is 6. The van der Waals surface area contributed by atoms with Crippen LogP contribution in [0.25, 0.3) is 0 Å². The molecule has 0 aliphatic carbocycles. The summed E-state index contributed by atoms with van der Waals surface area (Å²) in [6.07, 6.45) is 1.57. The molecule has 0 aromatic carbocycles. The fourth-order valence-corrected chi connectivity index (χ4v) is 2.19. The summed E-state index contributed by atoms with van der Waals surface area (Å²) in [5, 5.41) is 7.77. The second-order valence-corrected chi connectivity index (χ2v) is 4.10. The molecule has 3 nitrogen and oxygen atoms in total. The molecule has 0 aliphatic rings. The fourth-order valence-electron chi connectivity index (χ4n) is 2.19. The van der Waals surface area contributed by atoms with Gasteiger partial charge in [0.25, 0.3) is 0 Å². The van der Waals surface area contributed by atoms with Crippen LogP contribution in [0.4, 0.5) is 4.39 Å². The van der Waals surface area contributed by atoms with Gasteiger partial charge in [0, 0.05) is 23.8 Å². The first-order valence-electron chi connectivity index (χ1n) is 5.92. The molecule has 0 saturated carbocycles. The monoisotopic (exact) mass is 227 g/mol. The van der Waals surface area contributed by atoms with Crippen LogP contribution in [0.2, 0.25) is 0 Å². The Bertz CT molecular complexity index is 329. The molecule has 0 spiro atoms. The van der Waals surface area contributed by atoms with Crippen molar-refractivity contribution < 1.29 is 4.39 Å². The number of aromatic nitrogens is 2. The minimum Gasteiger partial charge on any atom is -0.313 e. The van der Waals surface area contributed by atoms with Crippen molar-refractivity contribution >= 4 is 0 Å². The van der Waals surface area contributed by atoms with E-state index in [1.165, 1.54) is 5.56 Å². The third kappa shape index (κ3) is 2.61. The van der Waals surface area contributed by atoms with Crippen molar-refractivity contribution in [3.63, 3.8) is 0 Å². The molecule has 4 heteroatoms. The molecule has 92 valence electrons. The van der Waals surface area contributed by atoms with Crippen molar-refractivity contribution in [2.75, 3.05) is 13.7 Å². The van der Waals surface area contributed by atoms with Crippen LogP contribution in [0.15, 0.2) is 0 Å². The largest absolute Gasteiger partial charge is 0.313 e. The summed E-state index contributed by atoms with van der Waals surface area (Å²) in [6, 6.07) is 0.346. The lowest BCUT2D eigenvalue weighted by Gasteiger charge is -2.14. The second-order valence-electron chi connectivity index (χ2n) is 4.10. The zero-order valence-corrected chi connectivity index (χ0v) is 10.7. The van der Waals surface area contributed by atoms with E-state index in [0.29, 0.717) is 19.0 Å². The number of halogens is 1. The van der Waals surface area contributed by atoms with Crippen LogP contribution in [-0.4, -0.2) is 23.5 Å². The van der Waals surface area contributed by atoms with Gasteiger partial charge in [0.2, 0.25) is 0 Å². The Morgan fingerprint density at radius 1 is 1.44 bits per heavy atom. The first-order valence-corrected chi connectivity index (χ1v) is 5.92. The van der Waals surface area contributed by atoms with Gasteiger partial charge in [-0.2, -0.15) is 5.10 Å². The van der Waals surface area contributed by atoms with Crippen LogP contribution in [0.5, 0.6) is 0 Å². The lowest BCUT2D eigenvalue weighted by Crippen LogP contribution is -2.17. The van der Waals surface area contributed by atoms with Crippen LogP contribution in [0, 0.1) is 13.8 Å². The molecule has 1 aromatic heterocycles. The summed E-state index contributed by atoms with van der Waals surface area (Å²) in [5.74, 6) is 0. The first kappa shape index (κ1) is 13.2. The number of aryl methyl sites for hydroxylation is 2. The maximum absolute atomic E-state index is 12.2. The van der Waals surface area contributed by atoms with E-state index in [4.69, 9.17) is 0 Å². The Labute approximate surface area is 97.0 Å². The van der Waals surface area contributed by atoms with Crippen molar-refractivity contribution in [3.05, 3.63) is 17.0 Å². The average Bonchev–Trinajstić information content (AvgIpc) is 2.55. The zero-order valence-electron chi connectivity index (χ0n) is 10.7. The van der Waals surface area contributed by atoms with Gasteiger partial charge in [-0.3, -0.25) is 9.07 Å². The van der Waals surface area contributed by atoms with Gasteiger partial charge >= 0.3 is 0 Å². The predicted octanol–water partition coefficient (Wildman–Crippen LogP) is 2.53. The summed E-state index contributed by atoms with van der Waals surface area (Å²) in [7, 11) is 1.96. The normalized spacial score (nSPS) is 13.1. The number of hydrogen-bond donors (Lipinski definition) is 1. The van der Waals surface area contributed by atoms with Crippen molar-refractivity contribution in [1.82, 2.24) is 15.1 Å². The highest BCUT2D eigenvalue weighted by atomic mass is 19.1.